The Balaban J connectivity index is 2.27. The molecule has 2 aromatic rings. The molecular formula is C25H34N2O3. The molecule has 0 bridgehead atoms. The zero-order valence-electron chi connectivity index (χ0n) is 18.9. The highest BCUT2D eigenvalue weighted by Gasteiger charge is 2.31. The smallest absolute Gasteiger partial charge is 0.329 e. The van der Waals surface area contributed by atoms with Crippen LogP contribution >= 0.6 is 0 Å². The normalized spacial score (nSPS) is 13.4. The molecule has 0 fully saturated rings. The van der Waals surface area contributed by atoms with Crippen LogP contribution in [-0.4, -0.2) is 29.6 Å². The zero-order chi connectivity index (χ0) is 22.3. The molecule has 0 heterocycles. The summed E-state index contributed by atoms with van der Waals surface area (Å²) in [5.41, 5.74) is 1.20. The quantitative estimate of drug-likeness (QED) is 0.617. The van der Waals surface area contributed by atoms with E-state index in [1.54, 1.807) is 0 Å². The molecule has 2 atom stereocenters. The summed E-state index contributed by atoms with van der Waals surface area (Å²) in [6.07, 6.45) is 0.518. The lowest BCUT2D eigenvalue weighted by Gasteiger charge is -2.32. The second-order valence-corrected chi connectivity index (χ2v) is 8.94. The first-order valence-corrected chi connectivity index (χ1v) is 10.5. The molecule has 0 unspecified atom stereocenters. The highest BCUT2D eigenvalue weighted by atomic mass is 16.6. The number of rotatable bonds is 8. The number of anilines is 2. The van der Waals surface area contributed by atoms with Crippen LogP contribution in [0.15, 0.2) is 60.7 Å². The number of para-hydroxylation sites is 2. The SMILES string of the molecule is CC(C)C[C@@H](NC(=O)[C@H]([11CH3])N(c1ccccc1)c1ccccc1)C(=O)OC(C)(C)C. The van der Waals surface area contributed by atoms with Crippen LogP contribution in [0.3, 0.4) is 0 Å². The molecule has 0 aliphatic heterocycles. The van der Waals surface area contributed by atoms with Crippen molar-refractivity contribution in [2.24, 2.45) is 5.92 Å². The number of esters is 1. The van der Waals surface area contributed by atoms with Gasteiger partial charge in [0.15, 0.2) is 0 Å². The Bertz CT molecular complexity index is 774. The molecule has 0 aliphatic carbocycles. The number of hydrogen-bond donors (Lipinski definition) is 1. The van der Waals surface area contributed by atoms with Crippen molar-refractivity contribution in [2.45, 2.75) is 65.6 Å². The van der Waals surface area contributed by atoms with Gasteiger partial charge in [0.2, 0.25) is 5.91 Å². The summed E-state index contributed by atoms with van der Waals surface area (Å²) in [7, 11) is 0. The van der Waals surface area contributed by atoms with Crippen LogP contribution < -0.4 is 10.2 Å². The Morgan fingerprint density at radius 1 is 0.900 bits per heavy atom. The van der Waals surface area contributed by atoms with E-state index in [-0.39, 0.29) is 11.8 Å². The predicted molar refractivity (Wildman–Crippen MR) is 122 cm³/mol. The number of amides is 1. The van der Waals surface area contributed by atoms with Gasteiger partial charge in [0.1, 0.15) is 17.7 Å². The number of hydrogen-bond acceptors (Lipinski definition) is 4. The first-order chi connectivity index (χ1) is 14.1. The first kappa shape index (κ1) is 23.5. The molecule has 0 aliphatic rings. The molecule has 2 aromatic carbocycles. The second-order valence-electron chi connectivity index (χ2n) is 8.94. The van der Waals surface area contributed by atoms with Gasteiger partial charge in [0, 0.05) is 11.4 Å². The third-order valence-electron chi connectivity index (χ3n) is 4.55. The van der Waals surface area contributed by atoms with Gasteiger partial charge in [-0.05, 0) is 64.3 Å². The van der Waals surface area contributed by atoms with E-state index in [1.807, 2.05) is 107 Å². The Kier molecular flexibility index (Phi) is 8.04. The van der Waals surface area contributed by atoms with Crippen LogP contribution in [0.25, 0.3) is 0 Å². The van der Waals surface area contributed by atoms with E-state index in [0.717, 1.165) is 11.4 Å². The number of benzene rings is 2. The topological polar surface area (TPSA) is 58.6 Å². The molecule has 0 radical (unpaired) electrons. The highest BCUT2D eigenvalue weighted by molar-refractivity contribution is 5.91. The van der Waals surface area contributed by atoms with Gasteiger partial charge >= 0.3 is 5.97 Å². The fourth-order valence-electron chi connectivity index (χ4n) is 3.24. The van der Waals surface area contributed by atoms with Crippen LogP contribution in [0.2, 0.25) is 0 Å². The maximum absolute atomic E-state index is 13.2. The van der Waals surface area contributed by atoms with Crippen molar-refractivity contribution in [3.63, 3.8) is 0 Å². The van der Waals surface area contributed by atoms with Gasteiger partial charge in [-0.25, -0.2) is 4.79 Å². The van der Waals surface area contributed by atoms with Crippen LogP contribution in [-0.2, 0) is 14.3 Å². The van der Waals surface area contributed by atoms with E-state index in [9.17, 15) is 9.59 Å². The molecule has 2 rings (SSSR count). The lowest BCUT2D eigenvalue weighted by atomic mass is 9.97. The number of nitrogens with one attached hydrogen (secondary N) is 1. The number of carbonyl (C=O) groups is 2. The largest absolute Gasteiger partial charge is 0.458 e. The van der Waals surface area contributed by atoms with E-state index >= 15 is 0 Å². The molecule has 5 heteroatoms. The second kappa shape index (κ2) is 10.3. The third kappa shape index (κ3) is 6.90. The maximum atomic E-state index is 13.2. The van der Waals surface area contributed by atoms with E-state index < -0.39 is 23.7 Å². The molecule has 30 heavy (non-hydrogen) atoms. The third-order valence-corrected chi connectivity index (χ3v) is 4.55. The maximum Gasteiger partial charge on any atom is 0.329 e. The minimum atomic E-state index is -0.687. The van der Waals surface area contributed by atoms with Crippen molar-refractivity contribution in [1.29, 1.82) is 0 Å². The average Bonchev–Trinajstić information content (AvgIpc) is 2.67. The van der Waals surface area contributed by atoms with Crippen LogP contribution in [0.5, 0.6) is 0 Å². The summed E-state index contributed by atoms with van der Waals surface area (Å²) in [5, 5.41) is 2.94. The molecule has 1 N–H and O–H groups in total. The molecule has 5 nitrogen and oxygen atoms in total. The van der Waals surface area contributed by atoms with E-state index in [0.29, 0.717) is 6.42 Å². The number of carbonyl (C=O) groups excluding carboxylic acids is 2. The van der Waals surface area contributed by atoms with Crippen LogP contribution in [0.1, 0.15) is 48.0 Å². The molecule has 0 saturated carbocycles. The van der Waals surface area contributed by atoms with Crippen LogP contribution in [0.4, 0.5) is 11.4 Å². The number of nitrogens with zero attached hydrogens (tertiary/aromatic N) is 1. The van der Waals surface area contributed by atoms with Crippen molar-refractivity contribution < 1.29 is 14.3 Å². The van der Waals surface area contributed by atoms with Crippen molar-refractivity contribution in [1.82, 2.24) is 5.32 Å². The molecule has 162 valence electrons. The summed E-state index contributed by atoms with van der Waals surface area (Å²) in [5.74, 6) is -0.389. The summed E-state index contributed by atoms with van der Waals surface area (Å²) in [6, 6.07) is 18.3. The van der Waals surface area contributed by atoms with Gasteiger partial charge in [0.05, 0.1) is 0 Å². The summed E-state index contributed by atoms with van der Waals surface area (Å²) >= 11 is 0. The van der Waals surface area contributed by atoms with Gasteiger partial charge in [-0.2, -0.15) is 0 Å². The Morgan fingerprint density at radius 3 is 1.77 bits per heavy atom. The van der Waals surface area contributed by atoms with Gasteiger partial charge < -0.3 is 15.0 Å². The predicted octanol–water partition coefficient (Wildman–Crippen LogP) is 5.09. The lowest BCUT2D eigenvalue weighted by molar-refractivity contribution is -0.159. The lowest BCUT2D eigenvalue weighted by Crippen LogP contribution is -2.51. The van der Waals surface area contributed by atoms with Gasteiger partial charge in [-0.15, -0.1) is 0 Å². The molecule has 0 spiro atoms. The fourth-order valence-corrected chi connectivity index (χ4v) is 3.24. The van der Waals surface area contributed by atoms with E-state index in [4.69, 9.17) is 4.74 Å². The summed E-state index contributed by atoms with van der Waals surface area (Å²) in [4.78, 5) is 27.9. The molecule has 0 aromatic heterocycles. The zero-order valence-corrected chi connectivity index (χ0v) is 18.9. The number of ether oxygens (including phenoxy) is 1. The van der Waals surface area contributed by atoms with E-state index in [1.165, 1.54) is 0 Å². The van der Waals surface area contributed by atoms with Crippen LogP contribution in [0, 0.1) is 5.92 Å². The molecule has 1 amide bonds. The van der Waals surface area contributed by atoms with Crippen molar-refractivity contribution in [2.75, 3.05) is 4.90 Å². The van der Waals surface area contributed by atoms with Gasteiger partial charge in [0.25, 0.3) is 0 Å². The van der Waals surface area contributed by atoms with Gasteiger partial charge in [-0.3, -0.25) is 4.79 Å². The van der Waals surface area contributed by atoms with Crippen molar-refractivity contribution >= 4 is 23.3 Å². The Hall–Kier alpha value is -2.82. The first-order valence-electron chi connectivity index (χ1n) is 10.5. The summed E-state index contributed by atoms with van der Waals surface area (Å²) in [6.45, 7) is 11.4. The molecule has 0 saturated heterocycles. The minimum Gasteiger partial charge on any atom is -0.458 e. The van der Waals surface area contributed by atoms with Crippen molar-refractivity contribution in [3.05, 3.63) is 60.7 Å². The van der Waals surface area contributed by atoms with Gasteiger partial charge in [-0.1, -0.05) is 50.2 Å². The average molecular weight is 410 g/mol. The minimum absolute atomic E-state index is 0.223. The standard InChI is InChI=1S/C25H34N2O3/c1-18(2)17-22(24(29)30-25(4,5)6)26-23(28)19(3)27(20-13-9-7-10-14-20)21-15-11-8-12-16-21/h7-16,18-19,22H,17H2,1-6H3,(H,26,28)/t19-,22+/m0/s1/i3-1. The van der Waals surface area contributed by atoms with E-state index in [2.05, 4.69) is 5.32 Å². The van der Waals surface area contributed by atoms with Crippen molar-refractivity contribution in [3.8, 4) is 0 Å². The Labute approximate surface area is 180 Å². The fraction of sp³-hybridized carbons (Fsp3) is 0.440. The highest BCUT2D eigenvalue weighted by Crippen LogP contribution is 2.27. The monoisotopic (exact) mass is 409 g/mol. The summed E-state index contributed by atoms with van der Waals surface area (Å²) < 4.78 is 5.54. The molecular weight excluding hydrogens is 375 g/mol. The Morgan fingerprint density at radius 2 is 1.37 bits per heavy atom.